The number of rotatable bonds is 8. The van der Waals surface area contributed by atoms with Gasteiger partial charge in [-0.15, -0.1) is 0 Å². The van der Waals surface area contributed by atoms with Crippen LogP contribution in [-0.4, -0.2) is 63.8 Å². The number of hydrogen-bond donors (Lipinski definition) is 1. The summed E-state index contributed by atoms with van der Waals surface area (Å²) in [4.78, 5) is 25.7. The number of likely N-dealkylation sites (tertiary alicyclic amines) is 1. The van der Waals surface area contributed by atoms with Gasteiger partial charge in [0.1, 0.15) is 6.61 Å². The summed E-state index contributed by atoms with van der Waals surface area (Å²) in [6.45, 7) is 2.78. The molecule has 25 heavy (non-hydrogen) atoms. The first kappa shape index (κ1) is 19.4. The van der Waals surface area contributed by atoms with Crippen molar-refractivity contribution in [1.29, 1.82) is 0 Å². The summed E-state index contributed by atoms with van der Waals surface area (Å²) in [7, 11) is 3.16. The monoisotopic (exact) mass is 348 g/mol. The smallest absolute Gasteiger partial charge is 0.251 e. The number of ether oxygens (including phenoxy) is 2. The Bertz CT molecular complexity index is 551. The van der Waals surface area contributed by atoms with Gasteiger partial charge >= 0.3 is 0 Å². The van der Waals surface area contributed by atoms with Crippen molar-refractivity contribution in [3.05, 3.63) is 35.4 Å². The summed E-state index contributed by atoms with van der Waals surface area (Å²) >= 11 is 0. The van der Waals surface area contributed by atoms with E-state index in [0.717, 1.165) is 32.4 Å². The Balaban J connectivity index is 1.78. The minimum Gasteiger partial charge on any atom is -0.383 e. The van der Waals surface area contributed by atoms with Crippen LogP contribution in [0.25, 0.3) is 0 Å². The van der Waals surface area contributed by atoms with Crippen LogP contribution in [0.3, 0.4) is 0 Å². The molecule has 1 heterocycles. The average Bonchev–Trinajstić information content (AvgIpc) is 2.63. The third-order valence-corrected chi connectivity index (χ3v) is 4.57. The Morgan fingerprint density at radius 2 is 1.80 bits per heavy atom. The van der Waals surface area contributed by atoms with Gasteiger partial charge in [0.2, 0.25) is 5.91 Å². The van der Waals surface area contributed by atoms with Gasteiger partial charge in [0.15, 0.2) is 0 Å². The molecule has 6 nitrogen and oxygen atoms in total. The molecule has 1 aliphatic rings. The van der Waals surface area contributed by atoms with Gasteiger partial charge in [-0.2, -0.15) is 0 Å². The second-order valence-corrected chi connectivity index (χ2v) is 6.41. The maximum absolute atomic E-state index is 12.0. The fourth-order valence-corrected chi connectivity index (χ4v) is 3.10. The van der Waals surface area contributed by atoms with Gasteiger partial charge in [0.25, 0.3) is 5.91 Å². The van der Waals surface area contributed by atoms with E-state index in [9.17, 15) is 9.59 Å². The first-order valence-electron chi connectivity index (χ1n) is 8.76. The molecule has 1 aliphatic heterocycles. The van der Waals surface area contributed by atoms with E-state index in [0.29, 0.717) is 24.6 Å². The average molecular weight is 348 g/mol. The molecule has 1 aromatic carbocycles. The second-order valence-electron chi connectivity index (χ2n) is 6.41. The quantitative estimate of drug-likeness (QED) is 0.723. The number of nitrogens with zero attached hydrogens (tertiary/aromatic N) is 1. The van der Waals surface area contributed by atoms with Crippen molar-refractivity contribution in [1.82, 2.24) is 10.2 Å². The Morgan fingerprint density at radius 3 is 2.40 bits per heavy atom. The zero-order valence-corrected chi connectivity index (χ0v) is 15.1. The summed E-state index contributed by atoms with van der Waals surface area (Å²) in [6, 6.07) is 7.78. The molecule has 2 rings (SSSR count). The normalized spacial score (nSPS) is 15.2. The lowest BCUT2D eigenvalue weighted by atomic mass is 9.90. The number of hydrogen-bond acceptors (Lipinski definition) is 4. The molecule has 0 aromatic heterocycles. The Kier molecular flexibility index (Phi) is 7.88. The SMILES string of the molecule is COCCNC(=O)c1ccc(CC2CCN(C(=O)COC)CC2)cc1. The van der Waals surface area contributed by atoms with Gasteiger partial charge < -0.3 is 19.7 Å². The first-order chi connectivity index (χ1) is 12.1. The molecule has 1 N–H and O–H groups in total. The fourth-order valence-electron chi connectivity index (χ4n) is 3.10. The van der Waals surface area contributed by atoms with Crippen LogP contribution in [0.15, 0.2) is 24.3 Å². The van der Waals surface area contributed by atoms with E-state index in [1.54, 1.807) is 14.2 Å². The number of carbonyl (C=O) groups excluding carboxylic acids is 2. The molecule has 2 amide bonds. The highest BCUT2D eigenvalue weighted by Gasteiger charge is 2.22. The zero-order chi connectivity index (χ0) is 18.1. The van der Waals surface area contributed by atoms with E-state index in [1.807, 2.05) is 29.2 Å². The van der Waals surface area contributed by atoms with E-state index in [4.69, 9.17) is 9.47 Å². The summed E-state index contributed by atoms with van der Waals surface area (Å²) in [5.41, 5.74) is 1.90. The summed E-state index contributed by atoms with van der Waals surface area (Å²) in [5.74, 6) is 0.575. The number of piperidine rings is 1. The maximum atomic E-state index is 12.0. The Hall–Kier alpha value is -1.92. The van der Waals surface area contributed by atoms with Crippen molar-refractivity contribution in [2.75, 3.05) is 47.1 Å². The third kappa shape index (κ3) is 6.14. The lowest BCUT2D eigenvalue weighted by Crippen LogP contribution is -2.40. The van der Waals surface area contributed by atoms with Crippen LogP contribution in [0.2, 0.25) is 0 Å². The lowest BCUT2D eigenvalue weighted by molar-refractivity contribution is -0.136. The topological polar surface area (TPSA) is 67.9 Å². The van der Waals surface area contributed by atoms with Crippen LogP contribution < -0.4 is 5.32 Å². The molecule has 1 fully saturated rings. The van der Waals surface area contributed by atoms with Gasteiger partial charge in [-0.25, -0.2) is 0 Å². The summed E-state index contributed by atoms with van der Waals surface area (Å²) < 4.78 is 9.83. The maximum Gasteiger partial charge on any atom is 0.251 e. The number of benzene rings is 1. The van der Waals surface area contributed by atoms with Crippen LogP contribution in [-0.2, 0) is 20.7 Å². The molecule has 138 valence electrons. The van der Waals surface area contributed by atoms with Crippen molar-refractivity contribution < 1.29 is 19.1 Å². The zero-order valence-electron chi connectivity index (χ0n) is 15.1. The molecule has 0 aliphatic carbocycles. The molecule has 1 aromatic rings. The highest BCUT2D eigenvalue weighted by atomic mass is 16.5. The number of nitrogens with one attached hydrogen (secondary N) is 1. The van der Waals surface area contributed by atoms with Crippen molar-refractivity contribution in [3.63, 3.8) is 0 Å². The van der Waals surface area contributed by atoms with Crippen molar-refractivity contribution in [2.24, 2.45) is 5.92 Å². The van der Waals surface area contributed by atoms with E-state index in [-0.39, 0.29) is 18.4 Å². The molecule has 0 bridgehead atoms. The minimum atomic E-state index is -0.0754. The minimum absolute atomic E-state index is 0.0739. The number of amides is 2. The lowest BCUT2D eigenvalue weighted by Gasteiger charge is -2.32. The van der Waals surface area contributed by atoms with E-state index in [2.05, 4.69) is 5.32 Å². The molecule has 0 spiro atoms. The molecule has 6 heteroatoms. The van der Waals surface area contributed by atoms with E-state index < -0.39 is 0 Å². The van der Waals surface area contributed by atoms with Gasteiger partial charge in [0, 0.05) is 39.4 Å². The van der Waals surface area contributed by atoms with E-state index >= 15 is 0 Å². The first-order valence-corrected chi connectivity index (χ1v) is 8.76. The van der Waals surface area contributed by atoms with Crippen LogP contribution >= 0.6 is 0 Å². The molecule has 0 unspecified atom stereocenters. The predicted molar refractivity (Wildman–Crippen MR) is 95.5 cm³/mol. The van der Waals surface area contributed by atoms with Crippen LogP contribution in [0, 0.1) is 5.92 Å². The van der Waals surface area contributed by atoms with Crippen molar-refractivity contribution >= 4 is 11.8 Å². The van der Waals surface area contributed by atoms with Gasteiger partial charge in [-0.3, -0.25) is 9.59 Å². The van der Waals surface area contributed by atoms with Crippen molar-refractivity contribution in [2.45, 2.75) is 19.3 Å². The Labute approximate surface area is 149 Å². The largest absolute Gasteiger partial charge is 0.383 e. The van der Waals surface area contributed by atoms with Crippen LogP contribution in [0.1, 0.15) is 28.8 Å². The Morgan fingerprint density at radius 1 is 1.12 bits per heavy atom. The standard InChI is InChI=1S/C19H28N2O4/c1-24-12-9-20-19(23)17-5-3-15(4-6-17)13-16-7-10-21(11-8-16)18(22)14-25-2/h3-6,16H,7-14H2,1-2H3,(H,20,23). The summed E-state index contributed by atoms with van der Waals surface area (Å²) in [5, 5.41) is 2.81. The molecule has 0 saturated carbocycles. The number of carbonyl (C=O) groups is 2. The van der Waals surface area contributed by atoms with Crippen LogP contribution in [0.4, 0.5) is 0 Å². The summed E-state index contributed by atoms with van der Waals surface area (Å²) in [6.07, 6.45) is 3.00. The predicted octanol–water partition coefficient (Wildman–Crippen LogP) is 1.49. The molecule has 1 saturated heterocycles. The fraction of sp³-hybridized carbons (Fsp3) is 0.579. The van der Waals surface area contributed by atoms with Gasteiger partial charge in [-0.05, 0) is 42.9 Å². The molecular formula is C19H28N2O4. The van der Waals surface area contributed by atoms with E-state index in [1.165, 1.54) is 5.56 Å². The highest BCUT2D eigenvalue weighted by Crippen LogP contribution is 2.22. The van der Waals surface area contributed by atoms with Gasteiger partial charge in [-0.1, -0.05) is 12.1 Å². The third-order valence-electron chi connectivity index (χ3n) is 4.57. The van der Waals surface area contributed by atoms with Crippen LogP contribution in [0.5, 0.6) is 0 Å². The number of methoxy groups -OCH3 is 2. The highest BCUT2D eigenvalue weighted by molar-refractivity contribution is 5.94. The van der Waals surface area contributed by atoms with Gasteiger partial charge in [0.05, 0.1) is 6.61 Å². The molecular weight excluding hydrogens is 320 g/mol. The second kappa shape index (κ2) is 10.2. The molecule has 0 radical (unpaired) electrons. The van der Waals surface area contributed by atoms with Crippen molar-refractivity contribution in [3.8, 4) is 0 Å². The molecule has 0 atom stereocenters.